The number of benzene rings is 1. The summed E-state index contributed by atoms with van der Waals surface area (Å²) in [5.41, 5.74) is 1.26. The van der Waals surface area contributed by atoms with Crippen molar-refractivity contribution < 1.29 is 0 Å². The van der Waals surface area contributed by atoms with Gasteiger partial charge in [0.15, 0.2) is 0 Å². The van der Waals surface area contributed by atoms with Gasteiger partial charge >= 0.3 is 0 Å². The Labute approximate surface area is 94.3 Å². The molecular formula is C10H4BrClN2. The van der Waals surface area contributed by atoms with Crippen LogP contribution in [0.4, 0.5) is 0 Å². The summed E-state index contributed by atoms with van der Waals surface area (Å²) in [5.74, 6) is 0. The highest BCUT2D eigenvalue weighted by molar-refractivity contribution is 9.10. The zero-order valence-electron chi connectivity index (χ0n) is 6.96. The lowest BCUT2D eigenvalue weighted by Gasteiger charge is -2.01. The lowest BCUT2D eigenvalue weighted by Crippen LogP contribution is -1.85. The minimum absolute atomic E-state index is 0.334. The topological polar surface area (TPSA) is 36.7 Å². The average molecular weight is 268 g/mol. The van der Waals surface area contributed by atoms with Gasteiger partial charge in [-0.1, -0.05) is 23.7 Å². The van der Waals surface area contributed by atoms with E-state index >= 15 is 0 Å². The predicted molar refractivity (Wildman–Crippen MR) is 59.2 cm³/mol. The number of rotatable bonds is 0. The molecule has 2 rings (SSSR count). The second-order valence-electron chi connectivity index (χ2n) is 2.74. The van der Waals surface area contributed by atoms with E-state index in [1.807, 2.05) is 18.2 Å². The Morgan fingerprint density at radius 3 is 2.93 bits per heavy atom. The molecule has 0 bridgehead atoms. The summed E-state index contributed by atoms with van der Waals surface area (Å²) in [6.07, 6.45) is 0. The molecule has 0 saturated heterocycles. The SMILES string of the molecule is N#Cc1cc(Cl)nc2c(Br)cccc12. The Kier molecular flexibility index (Phi) is 2.40. The van der Waals surface area contributed by atoms with Crippen molar-refractivity contribution >= 4 is 38.4 Å². The van der Waals surface area contributed by atoms with Gasteiger partial charge in [0, 0.05) is 9.86 Å². The monoisotopic (exact) mass is 266 g/mol. The minimum Gasteiger partial charge on any atom is -0.235 e. The highest BCUT2D eigenvalue weighted by Gasteiger charge is 2.06. The fraction of sp³-hybridized carbons (Fsp3) is 0. The van der Waals surface area contributed by atoms with Crippen molar-refractivity contribution in [1.29, 1.82) is 5.26 Å². The van der Waals surface area contributed by atoms with Crippen LogP contribution >= 0.6 is 27.5 Å². The molecule has 0 aliphatic carbocycles. The molecule has 1 aromatic heterocycles. The highest BCUT2D eigenvalue weighted by Crippen LogP contribution is 2.26. The Hall–Kier alpha value is -1.11. The van der Waals surface area contributed by atoms with Crippen LogP contribution in [0, 0.1) is 11.3 Å². The fourth-order valence-electron chi connectivity index (χ4n) is 1.27. The van der Waals surface area contributed by atoms with Crippen molar-refractivity contribution in [2.24, 2.45) is 0 Å². The van der Waals surface area contributed by atoms with Crippen molar-refractivity contribution in [2.75, 3.05) is 0 Å². The molecule has 68 valence electrons. The van der Waals surface area contributed by atoms with Crippen LogP contribution in [-0.2, 0) is 0 Å². The molecule has 4 heteroatoms. The van der Waals surface area contributed by atoms with Crippen LogP contribution in [0.15, 0.2) is 28.7 Å². The summed E-state index contributed by atoms with van der Waals surface area (Å²) < 4.78 is 0.842. The first kappa shape index (κ1) is 9.45. The van der Waals surface area contributed by atoms with Gasteiger partial charge in [0.05, 0.1) is 17.1 Å². The van der Waals surface area contributed by atoms with Crippen LogP contribution in [0.2, 0.25) is 5.15 Å². The molecule has 0 radical (unpaired) electrons. The maximum atomic E-state index is 8.90. The third-order valence-corrected chi connectivity index (χ3v) is 2.71. The number of nitriles is 1. The van der Waals surface area contributed by atoms with Gasteiger partial charge in [-0.25, -0.2) is 4.98 Å². The summed E-state index contributed by atoms with van der Waals surface area (Å²) in [4.78, 5) is 4.15. The highest BCUT2D eigenvalue weighted by atomic mass is 79.9. The molecule has 0 N–H and O–H groups in total. The van der Waals surface area contributed by atoms with Crippen LogP contribution in [0.5, 0.6) is 0 Å². The van der Waals surface area contributed by atoms with Crippen molar-refractivity contribution in [1.82, 2.24) is 4.98 Å². The molecule has 0 atom stereocenters. The minimum atomic E-state index is 0.334. The number of fused-ring (bicyclic) bond motifs is 1. The van der Waals surface area contributed by atoms with E-state index in [9.17, 15) is 0 Å². The first-order valence-electron chi connectivity index (χ1n) is 3.87. The average Bonchev–Trinajstić information content (AvgIpc) is 2.18. The van der Waals surface area contributed by atoms with Crippen molar-refractivity contribution in [3.63, 3.8) is 0 Å². The molecule has 14 heavy (non-hydrogen) atoms. The number of hydrogen-bond donors (Lipinski definition) is 0. The van der Waals surface area contributed by atoms with Crippen molar-refractivity contribution in [3.8, 4) is 6.07 Å². The second kappa shape index (κ2) is 3.56. The second-order valence-corrected chi connectivity index (χ2v) is 3.98. The first-order chi connectivity index (χ1) is 6.72. The lowest BCUT2D eigenvalue weighted by molar-refractivity contribution is 1.38. The zero-order valence-corrected chi connectivity index (χ0v) is 9.30. The van der Waals surface area contributed by atoms with Gasteiger partial charge in [-0.3, -0.25) is 0 Å². The fourth-order valence-corrected chi connectivity index (χ4v) is 1.92. The molecule has 0 saturated carbocycles. The van der Waals surface area contributed by atoms with Gasteiger partial charge in [-0.15, -0.1) is 0 Å². The summed E-state index contributed by atoms with van der Waals surface area (Å²) >= 11 is 9.16. The van der Waals surface area contributed by atoms with Gasteiger partial charge in [-0.05, 0) is 28.1 Å². The molecule has 0 spiro atoms. The Balaban J connectivity index is 2.96. The maximum absolute atomic E-state index is 8.90. The number of pyridine rings is 1. The van der Waals surface area contributed by atoms with E-state index in [0.717, 1.165) is 15.4 Å². The number of nitrogens with zero attached hydrogens (tertiary/aromatic N) is 2. The third-order valence-electron chi connectivity index (χ3n) is 1.88. The summed E-state index contributed by atoms with van der Waals surface area (Å²) in [5, 5.41) is 10.0. The largest absolute Gasteiger partial charge is 0.235 e. The van der Waals surface area contributed by atoms with Gasteiger partial charge in [0.1, 0.15) is 5.15 Å². The third kappa shape index (κ3) is 1.47. The maximum Gasteiger partial charge on any atom is 0.131 e. The molecule has 0 aliphatic heterocycles. The van der Waals surface area contributed by atoms with E-state index in [4.69, 9.17) is 16.9 Å². The van der Waals surface area contributed by atoms with Gasteiger partial charge < -0.3 is 0 Å². The lowest BCUT2D eigenvalue weighted by atomic mass is 10.1. The normalized spacial score (nSPS) is 10.1. The van der Waals surface area contributed by atoms with E-state index in [1.165, 1.54) is 0 Å². The van der Waals surface area contributed by atoms with Crippen LogP contribution in [-0.4, -0.2) is 4.98 Å². The number of para-hydroxylation sites is 1. The Morgan fingerprint density at radius 1 is 1.43 bits per heavy atom. The Morgan fingerprint density at radius 2 is 2.21 bits per heavy atom. The molecular weight excluding hydrogens is 263 g/mol. The van der Waals surface area contributed by atoms with Crippen LogP contribution in [0.25, 0.3) is 10.9 Å². The Bertz CT molecular complexity index is 546. The summed E-state index contributed by atoms with van der Waals surface area (Å²) in [6, 6.07) is 9.24. The molecule has 1 aromatic carbocycles. The van der Waals surface area contributed by atoms with Gasteiger partial charge in [-0.2, -0.15) is 5.26 Å². The summed E-state index contributed by atoms with van der Waals surface area (Å²) in [7, 11) is 0. The quantitative estimate of drug-likeness (QED) is 0.685. The molecule has 0 aliphatic rings. The van der Waals surface area contributed by atoms with Gasteiger partial charge in [0.25, 0.3) is 0 Å². The van der Waals surface area contributed by atoms with E-state index in [0.29, 0.717) is 10.7 Å². The zero-order chi connectivity index (χ0) is 10.1. The molecule has 2 nitrogen and oxygen atoms in total. The van der Waals surface area contributed by atoms with Gasteiger partial charge in [0.2, 0.25) is 0 Å². The molecule has 0 unspecified atom stereocenters. The van der Waals surface area contributed by atoms with E-state index in [1.54, 1.807) is 6.07 Å². The molecule has 2 aromatic rings. The van der Waals surface area contributed by atoms with Crippen LogP contribution in [0.3, 0.4) is 0 Å². The first-order valence-corrected chi connectivity index (χ1v) is 5.04. The molecule has 0 fully saturated rings. The van der Waals surface area contributed by atoms with E-state index < -0.39 is 0 Å². The number of aromatic nitrogens is 1. The molecule has 1 heterocycles. The van der Waals surface area contributed by atoms with Crippen LogP contribution in [0.1, 0.15) is 5.56 Å². The smallest absolute Gasteiger partial charge is 0.131 e. The molecule has 0 amide bonds. The summed E-state index contributed by atoms with van der Waals surface area (Å²) in [6.45, 7) is 0. The number of hydrogen-bond acceptors (Lipinski definition) is 2. The standard InChI is InChI=1S/C10H4BrClN2/c11-8-3-1-2-7-6(5-13)4-9(12)14-10(7)8/h1-4H. The van der Waals surface area contributed by atoms with E-state index in [-0.39, 0.29) is 0 Å². The number of halogens is 2. The predicted octanol–water partition coefficient (Wildman–Crippen LogP) is 3.52. The van der Waals surface area contributed by atoms with Crippen LogP contribution < -0.4 is 0 Å². The van der Waals surface area contributed by atoms with Crippen molar-refractivity contribution in [2.45, 2.75) is 0 Å². The van der Waals surface area contributed by atoms with E-state index in [2.05, 4.69) is 27.0 Å². The van der Waals surface area contributed by atoms with Crippen molar-refractivity contribution in [3.05, 3.63) is 39.5 Å².